The van der Waals surface area contributed by atoms with E-state index in [9.17, 15) is 4.79 Å². The molecule has 0 fully saturated rings. The highest BCUT2D eigenvalue weighted by atomic mass is 35.5. The maximum atomic E-state index is 11.2. The normalized spacial score (nSPS) is 10.1. The zero-order chi connectivity index (χ0) is 13.1. The monoisotopic (exact) mass is 262 g/mol. The number of carboxylic acid groups (broad SMARTS) is 1. The van der Waals surface area contributed by atoms with Gasteiger partial charge in [-0.3, -0.25) is 0 Å². The van der Waals surface area contributed by atoms with E-state index >= 15 is 0 Å². The van der Waals surface area contributed by atoms with Gasteiger partial charge in [-0.25, -0.2) is 4.79 Å². The van der Waals surface area contributed by atoms with Crippen molar-refractivity contribution in [3.8, 4) is 16.9 Å². The zero-order valence-electron chi connectivity index (χ0n) is 9.68. The summed E-state index contributed by atoms with van der Waals surface area (Å²) in [6.07, 6.45) is 0. The molecule has 0 amide bonds. The fraction of sp³-hybridized carbons (Fsp3) is 0.0714. The Hall–Kier alpha value is -2.00. The van der Waals surface area contributed by atoms with Crippen LogP contribution in [-0.4, -0.2) is 18.2 Å². The van der Waals surface area contributed by atoms with Crippen molar-refractivity contribution in [3.63, 3.8) is 0 Å². The summed E-state index contributed by atoms with van der Waals surface area (Å²) in [5, 5.41) is 9.52. The molecule has 1 N–H and O–H groups in total. The predicted octanol–water partition coefficient (Wildman–Crippen LogP) is 3.71. The minimum atomic E-state index is -1.06. The number of carbonyl (C=O) groups is 1. The van der Waals surface area contributed by atoms with Gasteiger partial charge in [0.1, 0.15) is 11.3 Å². The SMILES string of the molecule is COc1c(C(=O)O)cc(Cl)cc1-c1ccccc1. The number of hydrogen-bond donors (Lipinski definition) is 1. The van der Waals surface area contributed by atoms with Crippen LogP contribution >= 0.6 is 11.6 Å². The lowest BCUT2D eigenvalue weighted by Crippen LogP contribution is -2.02. The predicted molar refractivity (Wildman–Crippen MR) is 70.4 cm³/mol. The van der Waals surface area contributed by atoms with Crippen LogP contribution in [0.2, 0.25) is 5.02 Å². The van der Waals surface area contributed by atoms with Crippen molar-refractivity contribution in [2.24, 2.45) is 0 Å². The van der Waals surface area contributed by atoms with E-state index < -0.39 is 5.97 Å². The van der Waals surface area contributed by atoms with Gasteiger partial charge in [0.25, 0.3) is 0 Å². The first-order valence-corrected chi connectivity index (χ1v) is 5.67. The lowest BCUT2D eigenvalue weighted by molar-refractivity contribution is 0.0693. The molecular formula is C14H11ClO3. The minimum absolute atomic E-state index is 0.0591. The average Bonchev–Trinajstić information content (AvgIpc) is 2.38. The van der Waals surface area contributed by atoms with Gasteiger partial charge < -0.3 is 9.84 Å². The van der Waals surface area contributed by atoms with Gasteiger partial charge in [0.05, 0.1) is 7.11 Å². The molecule has 0 saturated heterocycles. The zero-order valence-corrected chi connectivity index (χ0v) is 10.4. The van der Waals surface area contributed by atoms with Crippen LogP contribution in [0.5, 0.6) is 5.75 Å². The second-order valence-corrected chi connectivity index (χ2v) is 4.14. The summed E-state index contributed by atoms with van der Waals surface area (Å²) >= 11 is 5.95. The molecule has 0 aliphatic heterocycles. The number of carboxylic acids is 1. The molecule has 92 valence electrons. The second-order valence-electron chi connectivity index (χ2n) is 3.71. The number of methoxy groups -OCH3 is 1. The molecule has 18 heavy (non-hydrogen) atoms. The smallest absolute Gasteiger partial charge is 0.339 e. The van der Waals surface area contributed by atoms with Crippen LogP contribution in [0, 0.1) is 0 Å². The Morgan fingerprint density at radius 2 is 1.89 bits per heavy atom. The third kappa shape index (κ3) is 2.31. The number of halogens is 1. The van der Waals surface area contributed by atoms with Gasteiger partial charge in [-0.1, -0.05) is 41.9 Å². The summed E-state index contributed by atoms with van der Waals surface area (Å²) in [7, 11) is 1.45. The van der Waals surface area contributed by atoms with Gasteiger partial charge in [0, 0.05) is 10.6 Å². The molecule has 2 aromatic rings. The fourth-order valence-electron chi connectivity index (χ4n) is 1.80. The lowest BCUT2D eigenvalue weighted by Gasteiger charge is -2.12. The second kappa shape index (κ2) is 5.10. The van der Waals surface area contributed by atoms with Crippen LogP contribution in [0.1, 0.15) is 10.4 Å². The van der Waals surface area contributed by atoms with E-state index in [0.717, 1.165) is 5.56 Å². The Kier molecular flexibility index (Phi) is 3.53. The summed E-state index contributed by atoms with van der Waals surface area (Å²) in [5.74, 6) is -0.746. The molecule has 0 unspecified atom stereocenters. The molecule has 0 atom stereocenters. The Balaban J connectivity index is 2.70. The molecule has 0 bridgehead atoms. The van der Waals surface area contributed by atoms with Crippen molar-refractivity contribution in [2.45, 2.75) is 0 Å². The van der Waals surface area contributed by atoms with Crippen molar-refractivity contribution < 1.29 is 14.6 Å². The van der Waals surface area contributed by atoms with Gasteiger partial charge in [0.2, 0.25) is 0 Å². The first-order chi connectivity index (χ1) is 8.63. The Bertz CT molecular complexity index is 579. The maximum absolute atomic E-state index is 11.2. The molecule has 0 aliphatic carbocycles. The maximum Gasteiger partial charge on any atom is 0.339 e. The highest BCUT2D eigenvalue weighted by Crippen LogP contribution is 2.35. The van der Waals surface area contributed by atoms with Crippen molar-refractivity contribution >= 4 is 17.6 Å². The Morgan fingerprint density at radius 1 is 1.22 bits per heavy atom. The summed E-state index contributed by atoms with van der Waals surface area (Å²) in [6.45, 7) is 0. The molecule has 2 aromatic carbocycles. The summed E-state index contributed by atoms with van der Waals surface area (Å²) in [5.41, 5.74) is 1.59. The summed E-state index contributed by atoms with van der Waals surface area (Å²) < 4.78 is 5.21. The summed E-state index contributed by atoms with van der Waals surface area (Å²) in [6, 6.07) is 12.5. The number of benzene rings is 2. The first-order valence-electron chi connectivity index (χ1n) is 5.29. The number of ether oxygens (including phenoxy) is 1. The number of hydrogen-bond acceptors (Lipinski definition) is 2. The highest BCUT2D eigenvalue weighted by molar-refractivity contribution is 6.31. The molecule has 4 heteroatoms. The van der Waals surface area contributed by atoms with Crippen molar-refractivity contribution in [3.05, 3.63) is 53.1 Å². The van der Waals surface area contributed by atoms with E-state index in [1.165, 1.54) is 13.2 Å². The van der Waals surface area contributed by atoms with Crippen LogP contribution in [0.3, 0.4) is 0 Å². The van der Waals surface area contributed by atoms with Crippen LogP contribution in [0.15, 0.2) is 42.5 Å². The molecule has 0 heterocycles. The van der Waals surface area contributed by atoms with Crippen molar-refractivity contribution in [1.82, 2.24) is 0 Å². The van der Waals surface area contributed by atoms with Crippen LogP contribution in [-0.2, 0) is 0 Å². The highest BCUT2D eigenvalue weighted by Gasteiger charge is 2.17. The van der Waals surface area contributed by atoms with Crippen LogP contribution < -0.4 is 4.74 Å². The Morgan fingerprint density at radius 3 is 2.44 bits per heavy atom. The first kappa shape index (κ1) is 12.5. The van der Waals surface area contributed by atoms with Gasteiger partial charge in [-0.05, 0) is 17.7 Å². The Labute approximate surface area is 110 Å². The molecule has 0 saturated carbocycles. The molecule has 2 rings (SSSR count). The molecule has 0 spiro atoms. The van der Waals surface area contributed by atoms with E-state index in [4.69, 9.17) is 21.4 Å². The molecule has 0 aromatic heterocycles. The molecule has 0 radical (unpaired) electrons. The molecule has 3 nitrogen and oxygen atoms in total. The van der Waals surface area contributed by atoms with E-state index in [-0.39, 0.29) is 5.56 Å². The largest absolute Gasteiger partial charge is 0.495 e. The van der Waals surface area contributed by atoms with Gasteiger partial charge in [-0.15, -0.1) is 0 Å². The lowest BCUT2D eigenvalue weighted by atomic mass is 10.0. The molecular weight excluding hydrogens is 252 g/mol. The number of aromatic carboxylic acids is 1. The number of rotatable bonds is 3. The van der Waals surface area contributed by atoms with E-state index in [2.05, 4.69) is 0 Å². The van der Waals surface area contributed by atoms with Gasteiger partial charge >= 0.3 is 5.97 Å². The van der Waals surface area contributed by atoms with Crippen LogP contribution in [0.25, 0.3) is 11.1 Å². The summed E-state index contributed by atoms with van der Waals surface area (Å²) in [4.78, 5) is 11.2. The van der Waals surface area contributed by atoms with Gasteiger partial charge in [0.15, 0.2) is 0 Å². The third-order valence-electron chi connectivity index (χ3n) is 2.57. The molecule has 0 aliphatic rings. The van der Waals surface area contributed by atoms with E-state index in [1.54, 1.807) is 6.07 Å². The third-order valence-corrected chi connectivity index (χ3v) is 2.79. The fourth-order valence-corrected chi connectivity index (χ4v) is 2.02. The van der Waals surface area contributed by atoms with Crippen LogP contribution in [0.4, 0.5) is 0 Å². The quantitative estimate of drug-likeness (QED) is 0.917. The van der Waals surface area contributed by atoms with Gasteiger partial charge in [-0.2, -0.15) is 0 Å². The van der Waals surface area contributed by atoms with Crippen molar-refractivity contribution in [2.75, 3.05) is 7.11 Å². The van der Waals surface area contributed by atoms with E-state index in [0.29, 0.717) is 16.3 Å². The van der Waals surface area contributed by atoms with E-state index in [1.807, 2.05) is 30.3 Å². The average molecular weight is 263 g/mol. The topological polar surface area (TPSA) is 46.5 Å². The standard InChI is InChI=1S/C14H11ClO3/c1-18-13-11(9-5-3-2-4-6-9)7-10(15)8-12(13)14(16)17/h2-8H,1H3,(H,16,17). The van der Waals surface area contributed by atoms with Crippen molar-refractivity contribution in [1.29, 1.82) is 0 Å². The minimum Gasteiger partial charge on any atom is -0.495 e.